The summed E-state index contributed by atoms with van der Waals surface area (Å²) in [5.74, 6) is 7.34. The molecule has 0 heterocycles. The molecule has 2 heteroatoms. The van der Waals surface area contributed by atoms with Gasteiger partial charge in [0.25, 0.3) is 0 Å². The van der Waals surface area contributed by atoms with Gasteiger partial charge in [-0.3, -0.25) is 0 Å². The van der Waals surface area contributed by atoms with Crippen LogP contribution in [0.2, 0.25) is 0 Å². The molecular formula is C21H24O2. The second kappa shape index (κ2) is 9.58. The van der Waals surface area contributed by atoms with Gasteiger partial charge in [0.1, 0.15) is 11.5 Å². The number of rotatable bonds is 7. The van der Waals surface area contributed by atoms with Crippen molar-refractivity contribution in [1.82, 2.24) is 0 Å². The highest BCUT2D eigenvalue weighted by molar-refractivity contribution is 5.45. The molecule has 2 aromatic rings. The van der Waals surface area contributed by atoms with E-state index in [0.29, 0.717) is 0 Å². The molecule has 0 aliphatic rings. The molecule has 2 nitrogen and oxygen atoms in total. The smallest absolute Gasteiger partial charge is 0.119 e. The van der Waals surface area contributed by atoms with Crippen molar-refractivity contribution in [2.45, 2.75) is 39.0 Å². The van der Waals surface area contributed by atoms with Crippen molar-refractivity contribution in [3.63, 3.8) is 0 Å². The Morgan fingerprint density at radius 3 is 1.96 bits per heavy atom. The van der Waals surface area contributed by atoms with E-state index in [1.807, 2.05) is 24.3 Å². The SMILES string of the molecule is CCCCCCCOc1ccc(C#Cc2ccc(O)cc2)cc1. The molecule has 120 valence electrons. The molecule has 0 aliphatic carbocycles. The van der Waals surface area contributed by atoms with Gasteiger partial charge in [-0.1, -0.05) is 44.4 Å². The molecule has 2 aromatic carbocycles. The monoisotopic (exact) mass is 308 g/mol. The van der Waals surface area contributed by atoms with Gasteiger partial charge in [-0.2, -0.15) is 0 Å². The number of hydrogen-bond donors (Lipinski definition) is 1. The number of benzene rings is 2. The Balaban J connectivity index is 1.79. The zero-order valence-electron chi connectivity index (χ0n) is 13.7. The Labute approximate surface area is 139 Å². The molecule has 0 saturated carbocycles. The van der Waals surface area contributed by atoms with Crippen LogP contribution in [-0.2, 0) is 0 Å². The van der Waals surface area contributed by atoms with E-state index in [1.165, 1.54) is 25.7 Å². The quantitative estimate of drug-likeness (QED) is 0.567. The normalized spacial score (nSPS) is 9.96. The summed E-state index contributed by atoms with van der Waals surface area (Å²) >= 11 is 0. The van der Waals surface area contributed by atoms with E-state index in [4.69, 9.17) is 4.74 Å². The van der Waals surface area contributed by atoms with Gasteiger partial charge in [0.2, 0.25) is 0 Å². The zero-order valence-corrected chi connectivity index (χ0v) is 13.7. The van der Waals surface area contributed by atoms with Crippen LogP contribution in [0.1, 0.15) is 50.2 Å². The van der Waals surface area contributed by atoms with Crippen molar-refractivity contribution in [3.05, 3.63) is 59.7 Å². The minimum Gasteiger partial charge on any atom is -0.508 e. The molecule has 0 fully saturated rings. The Bertz CT molecular complexity index is 630. The van der Waals surface area contributed by atoms with Crippen molar-refractivity contribution < 1.29 is 9.84 Å². The topological polar surface area (TPSA) is 29.5 Å². The Kier molecular flexibility index (Phi) is 7.07. The molecule has 0 atom stereocenters. The van der Waals surface area contributed by atoms with Gasteiger partial charge < -0.3 is 9.84 Å². The molecule has 0 saturated heterocycles. The van der Waals surface area contributed by atoms with Crippen LogP contribution in [0.25, 0.3) is 0 Å². The van der Waals surface area contributed by atoms with Gasteiger partial charge in [-0.15, -0.1) is 0 Å². The Morgan fingerprint density at radius 1 is 0.783 bits per heavy atom. The molecule has 0 radical (unpaired) electrons. The van der Waals surface area contributed by atoms with Crippen LogP contribution < -0.4 is 4.74 Å². The molecule has 0 unspecified atom stereocenters. The van der Waals surface area contributed by atoms with Crippen LogP contribution in [0.3, 0.4) is 0 Å². The molecule has 2 rings (SSSR count). The third-order valence-electron chi connectivity index (χ3n) is 3.59. The van der Waals surface area contributed by atoms with Crippen molar-refractivity contribution in [2.75, 3.05) is 6.61 Å². The lowest BCUT2D eigenvalue weighted by atomic mass is 10.1. The Hall–Kier alpha value is -2.40. The summed E-state index contributed by atoms with van der Waals surface area (Å²) in [6.45, 7) is 3.00. The molecule has 0 bridgehead atoms. The number of phenols is 1. The third kappa shape index (κ3) is 6.48. The average Bonchev–Trinajstić information content (AvgIpc) is 2.58. The fourth-order valence-electron chi connectivity index (χ4n) is 2.22. The number of phenolic OH excluding ortho intramolecular Hbond substituents is 1. The van der Waals surface area contributed by atoms with Crippen molar-refractivity contribution in [3.8, 4) is 23.3 Å². The summed E-state index contributed by atoms with van der Waals surface area (Å²) in [6, 6.07) is 14.8. The second-order valence-corrected chi connectivity index (χ2v) is 5.58. The summed E-state index contributed by atoms with van der Waals surface area (Å²) in [5.41, 5.74) is 1.84. The van der Waals surface area contributed by atoms with E-state index >= 15 is 0 Å². The third-order valence-corrected chi connectivity index (χ3v) is 3.59. The van der Waals surface area contributed by atoms with Crippen LogP contribution in [0, 0.1) is 11.8 Å². The van der Waals surface area contributed by atoms with Gasteiger partial charge >= 0.3 is 0 Å². The van der Waals surface area contributed by atoms with Gasteiger partial charge in [0, 0.05) is 11.1 Å². The summed E-state index contributed by atoms with van der Waals surface area (Å²) in [5, 5.41) is 9.24. The predicted molar refractivity (Wildman–Crippen MR) is 94.8 cm³/mol. The molecule has 23 heavy (non-hydrogen) atoms. The first-order chi connectivity index (χ1) is 11.3. The summed E-state index contributed by atoms with van der Waals surface area (Å²) in [6.07, 6.45) is 6.24. The maximum atomic E-state index is 9.24. The van der Waals surface area contributed by atoms with E-state index in [-0.39, 0.29) is 5.75 Å². The van der Waals surface area contributed by atoms with Gasteiger partial charge in [0.05, 0.1) is 6.61 Å². The van der Waals surface area contributed by atoms with Gasteiger partial charge in [-0.25, -0.2) is 0 Å². The van der Waals surface area contributed by atoms with Crippen molar-refractivity contribution in [1.29, 1.82) is 0 Å². The minimum absolute atomic E-state index is 0.256. The molecule has 0 spiro atoms. The van der Waals surface area contributed by atoms with Crippen molar-refractivity contribution >= 4 is 0 Å². The standard InChI is InChI=1S/C21H24O2/c1-2-3-4-5-6-17-23-21-15-11-19(12-16-21)8-7-18-9-13-20(22)14-10-18/h9-16,22H,2-6,17H2,1H3. The van der Waals surface area contributed by atoms with Crippen LogP contribution in [0.4, 0.5) is 0 Å². The molecular weight excluding hydrogens is 284 g/mol. The first kappa shape index (κ1) is 17.0. The van der Waals surface area contributed by atoms with E-state index < -0.39 is 0 Å². The van der Waals surface area contributed by atoms with Crippen LogP contribution >= 0.6 is 0 Å². The van der Waals surface area contributed by atoms with E-state index in [1.54, 1.807) is 24.3 Å². The predicted octanol–water partition coefficient (Wildman–Crippen LogP) is 5.14. The lowest BCUT2D eigenvalue weighted by molar-refractivity contribution is 0.304. The maximum absolute atomic E-state index is 9.24. The lowest BCUT2D eigenvalue weighted by Gasteiger charge is -2.05. The fourth-order valence-corrected chi connectivity index (χ4v) is 2.22. The highest BCUT2D eigenvalue weighted by Crippen LogP contribution is 2.13. The molecule has 0 amide bonds. The molecule has 0 aliphatic heterocycles. The van der Waals surface area contributed by atoms with Crippen LogP contribution in [-0.4, -0.2) is 11.7 Å². The number of ether oxygens (including phenoxy) is 1. The van der Waals surface area contributed by atoms with Gasteiger partial charge in [0.15, 0.2) is 0 Å². The molecule has 0 aromatic heterocycles. The Morgan fingerprint density at radius 2 is 1.35 bits per heavy atom. The number of hydrogen-bond acceptors (Lipinski definition) is 2. The van der Waals surface area contributed by atoms with Gasteiger partial charge in [-0.05, 0) is 55.0 Å². The second-order valence-electron chi connectivity index (χ2n) is 5.58. The van der Waals surface area contributed by atoms with Crippen molar-refractivity contribution in [2.24, 2.45) is 0 Å². The van der Waals surface area contributed by atoms with E-state index in [9.17, 15) is 5.11 Å². The summed E-state index contributed by atoms with van der Waals surface area (Å²) in [7, 11) is 0. The van der Waals surface area contributed by atoms with Crippen LogP contribution in [0.5, 0.6) is 11.5 Å². The number of unbranched alkanes of at least 4 members (excludes halogenated alkanes) is 4. The average molecular weight is 308 g/mol. The van der Waals surface area contributed by atoms with Crippen LogP contribution in [0.15, 0.2) is 48.5 Å². The largest absolute Gasteiger partial charge is 0.508 e. The van der Waals surface area contributed by atoms with E-state index in [0.717, 1.165) is 29.9 Å². The zero-order chi connectivity index (χ0) is 16.3. The maximum Gasteiger partial charge on any atom is 0.119 e. The number of aromatic hydroxyl groups is 1. The minimum atomic E-state index is 0.256. The fraction of sp³-hybridized carbons (Fsp3) is 0.333. The first-order valence-corrected chi connectivity index (χ1v) is 8.32. The summed E-state index contributed by atoms with van der Waals surface area (Å²) < 4.78 is 5.74. The lowest BCUT2D eigenvalue weighted by Crippen LogP contribution is -1.97. The summed E-state index contributed by atoms with van der Waals surface area (Å²) in [4.78, 5) is 0. The highest BCUT2D eigenvalue weighted by Gasteiger charge is 1.95. The highest BCUT2D eigenvalue weighted by atomic mass is 16.5. The molecule has 1 N–H and O–H groups in total. The van der Waals surface area contributed by atoms with E-state index in [2.05, 4.69) is 18.8 Å². The first-order valence-electron chi connectivity index (χ1n) is 8.32.